The summed E-state index contributed by atoms with van der Waals surface area (Å²) in [7, 11) is 2.10. The lowest BCUT2D eigenvalue weighted by atomic mass is 9.99. The number of pyridine rings is 1. The molecule has 3 heterocycles. The van der Waals surface area contributed by atoms with E-state index in [9.17, 15) is 19.5 Å². The van der Waals surface area contributed by atoms with E-state index < -0.39 is 11.6 Å². The van der Waals surface area contributed by atoms with Gasteiger partial charge in [-0.2, -0.15) is 5.10 Å². The zero-order chi connectivity index (χ0) is 32.1. The highest BCUT2D eigenvalue weighted by atomic mass is 35.5. The quantitative estimate of drug-likeness (QED) is 0.178. The van der Waals surface area contributed by atoms with Crippen LogP contribution in [0.25, 0.3) is 22.4 Å². The number of hydrogen-bond donors (Lipinski definition) is 4. The van der Waals surface area contributed by atoms with Crippen molar-refractivity contribution >= 4 is 46.5 Å². The van der Waals surface area contributed by atoms with Gasteiger partial charge in [0, 0.05) is 42.7 Å². The first-order chi connectivity index (χ1) is 21.6. The summed E-state index contributed by atoms with van der Waals surface area (Å²) in [4.78, 5) is 45.0. The third-order valence-electron chi connectivity index (χ3n) is 7.72. The molecular weight excluding hydrogens is 617 g/mol. The van der Waals surface area contributed by atoms with Crippen molar-refractivity contribution in [3.63, 3.8) is 0 Å². The average Bonchev–Trinajstić information content (AvgIpc) is 3.44. The molecule has 4 aromatic rings. The van der Waals surface area contributed by atoms with Crippen LogP contribution in [-0.2, 0) is 6.54 Å². The number of aryl methyl sites for hydroxylation is 1. The predicted octanol–water partition coefficient (Wildman–Crippen LogP) is 5.86. The predicted molar refractivity (Wildman–Crippen MR) is 176 cm³/mol. The third kappa shape index (κ3) is 7.62. The molecule has 45 heavy (non-hydrogen) atoms. The van der Waals surface area contributed by atoms with Gasteiger partial charge in [-0.05, 0) is 81.2 Å². The SMILES string of the molecule is CCn1nc(-c2cccc(-c3cc(O)cc(C(=O)NCCC4CCCN4C)c3)c2)cc(NC(=O)Nc2c(Cl)cncc2Cl)c1=O. The Balaban J connectivity index is 1.37. The van der Waals surface area contributed by atoms with E-state index in [0.29, 0.717) is 35.0 Å². The largest absolute Gasteiger partial charge is 0.508 e. The van der Waals surface area contributed by atoms with Crippen LogP contribution in [0, 0.1) is 0 Å². The van der Waals surface area contributed by atoms with Gasteiger partial charge in [-0.15, -0.1) is 0 Å². The fourth-order valence-corrected chi connectivity index (χ4v) is 5.81. The Morgan fingerprint density at radius 3 is 2.49 bits per heavy atom. The van der Waals surface area contributed by atoms with E-state index >= 15 is 0 Å². The van der Waals surface area contributed by atoms with Gasteiger partial charge in [0.2, 0.25) is 0 Å². The molecule has 1 aliphatic heterocycles. The third-order valence-corrected chi connectivity index (χ3v) is 8.29. The molecule has 0 radical (unpaired) electrons. The van der Waals surface area contributed by atoms with E-state index in [1.165, 1.54) is 35.6 Å². The number of rotatable bonds is 9. The Hall–Kier alpha value is -4.45. The van der Waals surface area contributed by atoms with Crippen LogP contribution in [0.3, 0.4) is 0 Å². The van der Waals surface area contributed by atoms with Gasteiger partial charge in [0.1, 0.15) is 11.4 Å². The van der Waals surface area contributed by atoms with Crippen LogP contribution < -0.4 is 21.5 Å². The number of phenolic OH excluding ortho intramolecular Hbond substituents is 1. The van der Waals surface area contributed by atoms with Gasteiger partial charge in [-0.3, -0.25) is 14.6 Å². The lowest BCUT2D eigenvalue weighted by molar-refractivity contribution is 0.0950. The van der Waals surface area contributed by atoms with Gasteiger partial charge < -0.3 is 26.0 Å². The van der Waals surface area contributed by atoms with Crippen LogP contribution in [0.15, 0.2) is 65.7 Å². The summed E-state index contributed by atoms with van der Waals surface area (Å²) in [6.07, 6.45) is 5.84. The summed E-state index contributed by atoms with van der Waals surface area (Å²) in [5, 5.41) is 23.3. The fraction of sp³-hybridized carbons (Fsp3) is 0.281. The van der Waals surface area contributed by atoms with E-state index in [2.05, 4.69) is 38.0 Å². The monoisotopic (exact) mass is 649 g/mol. The number of urea groups is 1. The van der Waals surface area contributed by atoms with Crippen molar-refractivity contribution in [3.8, 4) is 28.1 Å². The number of phenols is 1. The number of amides is 3. The molecule has 13 heteroatoms. The number of carbonyl (C=O) groups excluding carboxylic acids is 2. The molecule has 0 bridgehead atoms. The van der Waals surface area contributed by atoms with Crippen molar-refractivity contribution in [1.82, 2.24) is 25.0 Å². The minimum atomic E-state index is -0.725. The van der Waals surface area contributed by atoms with Crippen LogP contribution in [0.1, 0.15) is 36.5 Å². The first-order valence-corrected chi connectivity index (χ1v) is 15.3. The van der Waals surface area contributed by atoms with Gasteiger partial charge >= 0.3 is 6.03 Å². The maximum Gasteiger partial charge on any atom is 0.323 e. The maximum absolute atomic E-state index is 13.0. The standard InChI is InChI=1S/C32H33Cl2N7O4/c1-3-41-31(44)28(37-32(45)38-29-25(33)17-35-18-26(29)34)16-27(39-41)20-7-4-6-19(12-20)21-13-22(15-24(42)14-21)30(43)36-10-9-23-8-5-11-40(23)2/h4,6-7,12-18,23,42H,3,5,8-11H2,1-2H3,(H,36,43)(H2,35,37,38,45). The molecule has 1 unspecified atom stereocenters. The summed E-state index contributed by atoms with van der Waals surface area (Å²) in [5.41, 5.74) is 2.41. The molecule has 1 fully saturated rings. The van der Waals surface area contributed by atoms with Crippen LogP contribution in [0.2, 0.25) is 10.0 Å². The van der Waals surface area contributed by atoms with Crippen molar-refractivity contribution in [1.29, 1.82) is 0 Å². The second-order valence-corrected chi connectivity index (χ2v) is 11.6. The van der Waals surface area contributed by atoms with Crippen molar-refractivity contribution in [2.45, 2.75) is 38.8 Å². The Morgan fingerprint density at radius 1 is 1.02 bits per heavy atom. The summed E-state index contributed by atoms with van der Waals surface area (Å²) < 4.78 is 1.24. The maximum atomic E-state index is 13.0. The van der Waals surface area contributed by atoms with Crippen LogP contribution in [-0.4, -0.2) is 62.9 Å². The number of anilines is 2. The minimum Gasteiger partial charge on any atom is -0.508 e. The molecule has 0 saturated carbocycles. The lowest BCUT2D eigenvalue weighted by Crippen LogP contribution is -2.31. The molecule has 1 saturated heterocycles. The Labute approximate surface area is 270 Å². The molecule has 3 amide bonds. The number of benzene rings is 2. The number of nitrogens with zero attached hydrogens (tertiary/aromatic N) is 4. The van der Waals surface area contributed by atoms with E-state index in [0.717, 1.165) is 24.9 Å². The van der Waals surface area contributed by atoms with Crippen molar-refractivity contribution < 1.29 is 14.7 Å². The lowest BCUT2D eigenvalue weighted by Gasteiger charge is -2.19. The smallest absolute Gasteiger partial charge is 0.323 e. The van der Waals surface area contributed by atoms with E-state index in [4.69, 9.17) is 23.2 Å². The summed E-state index contributed by atoms with van der Waals surface area (Å²) in [6.45, 7) is 3.64. The Morgan fingerprint density at radius 2 is 1.78 bits per heavy atom. The molecule has 1 aliphatic rings. The molecule has 1 atom stereocenters. The molecular formula is C32H33Cl2N7O4. The normalized spacial score (nSPS) is 14.7. The van der Waals surface area contributed by atoms with Gasteiger partial charge in [0.05, 0.1) is 21.4 Å². The number of hydrogen-bond acceptors (Lipinski definition) is 7. The summed E-state index contributed by atoms with van der Waals surface area (Å²) in [5.74, 6) is -0.299. The summed E-state index contributed by atoms with van der Waals surface area (Å²) >= 11 is 12.2. The second kappa shape index (κ2) is 14.1. The number of nitrogens with one attached hydrogen (secondary N) is 3. The topological polar surface area (TPSA) is 141 Å². The zero-order valence-electron chi connectivity index (χ0n) is 24.8. The Bertz CT molecular complexity index is 1780. The van der Waals surface area contributed by atoms with E-state index in [-0.39, 0.29) is 39.6 Å². The van der Waals surface area contributed by atoms with Gasteiger partial charge in [-0.1, -0.05) is 41.4 Å². The molecule has 0 spiro atoms. The summed E-state index contributed by atoms with van der Waals surface area (Å²) in [6, 6.07) is 13.3. The van der Waals surface area contributed by atoms with Crippen LogP contribution in [0.4, 0.5) is 16.2 Å². The molecule has 11 nitrogen and oxygen atoms in total. The number of aromatic nitrogens is 3. The highest BCUT2D eigenvalue weighted by Crippen LogP contribution is 2.31. The van der Waals surface area contributed by atoms with Gasteiger partial charge in [-0.25, -0.2) is 9.48 Å². The first-order valence-electron chi connectivity index (χ1n) is 14.6. The van der Waals surface area contributed by atoms with Crippen molar-refractivity contribution in [2.75, 3.05) is 30.8 Å². The molecule has 2 aromatic carbocycles. The van der Waals surface area contributed by atoms with Gasteiger partial charge in [0.25, 0.3) is 11.5 Å². The van der Waals surface area contributed by atoms with E-state index in [1.54, 1.807) is 19.1 Å². The first kappa shape index (κ1) is 32.0. The van der Waals surface area contributed by atoms with Crippen LogP contribution in [0.5, 0.6) is 5.75 Å². The van der Waals surface area contributed by atoms with Crippen molar-refractivity contribution in [2.24, 2.45) is 0 Å². The molecule has 234 valence electrons. The highest BCUT2D eigenvalue weighted by Gasteiger charge is 2.21. The van der Waals surface area contributed by atoms with Crippen LogP contribution >= 0.6 is 23.2 Å². The molecule has 5 rings (SSSR count). The number of halogens is 2. The molecule has 4 N–H and O–H groups in total. The Kier molecular flexibility index (Phi) is 10.0. The van der Waals surface area contributed by atoms with Gasteiger partial charge in [0.15, 0.2) is 0 Å². The molecule has 0 aliphatic carbocycles. The highest BCUT2D eigenvalue weighted by molar-refractivity contribution is 6.39. The number of carbonyl (C=O) groups is 2. The van der Waals surface area contributed by atoms with E-state index in [1.807, 2.05) is 24.3 Å². The second-order valence-electron chi connectivity index (χ2n) is 10.8. The van der Waals surface area contributed by atoms with Crippen molar-refractivity contribution in [3.05, 3.63) is 86.9 Å². The fourth-order valence-electron chi connectivity index (χ4n) is 5.35. The average molecular weight is 651 g/mol. The minimum absolute atomic E-state index is 0.00818. The molecule has 2 aromatic heterocycles. The number of likely N-dealkylation sites (tertiary alicyclic amines) is 1. The zero-order valence-corrected chi connectivity index (χ0v) is 26.3. The number of aromatic hydroxyl groups is 1.